The van der Waals surface area contributed by atoms with E-state index in [1.165, 1.54) is 0 Å². The van der Waals surface area contributed by atoms with Gasteiger partial charge >= 0.3 is 0 Å². The maximum absolute atomic E-state index is 12.6. The van der Waals surface area contributed by atoms with Gasteiger partial charge in [-0.3, -0.25) is 4.79 Å². The van der Waals surface area contributed by atoms with Crippen molar-refractivity contribution in [3.05, 3.63) is 48.2 Å². The molecule has 6 heteroatoms. The van der Waals surface area contributed by atoms with Crippen molar-refractivity contribution in [1.29, 1.82) is 0 Å². The van der Waals surface area contributed by atoms with Gasteiger partial charge in [0, 0.05) is 37.9 Å². The van der Waals surface area contributed by atoms with Crippen molar-refractivity contribution in [3.8, 4) is 0 Å². The summed E-state index contributed by atoms with van der Waals surface area (Å²) in [6, 6.07) is 11.7. The number of nitrogens with one attached hydrogen (secondary N) is 1. The highest BCUT2D eigenvalue weighted by Crippen LogP contribution is 2.28. The van der Waals surface area contributed by atoms with Crippen LogP contribution in [0.15, 0.2) is 42.6 Å². The number of nitrogens with zero attached hydrogens (tertiary/aromatic N) is 3. The van der Waals surface area contributed by atoms with E-state index >= 15 is 0 Å². The number of rotatable bonds is 6. The monoisotopic (exact) mass is 354 g/mol. The number of morpholine rings is 1. The van der Waals surface area contributed by atoms with Crippen LogP contribution in [-0.4, -0.2) is 55.2 Å². The average Bonchev–Trinajstić information content (AvgIpc) is 2.70. The number of pyridine rings is 1. The van der Waals surface area contributed by atoms with Crippen molar-refractivity contribution < 1.29 is 9.53 Å². The van der Waals surface area contributed by atoms with Crippen LogP contribution in [-0.2, 0) is 4.74 Å². The van der Waals surface area contributed by atoms with E-state index in [4.69, 9.17) is 4.74 Å². The second-order valence-corrected chi connectivity index (χ2v) is 6.15. The second kappa shape index (κ2) is 8.67. The quantitative estimate of drug-likeness (QED) is 0.864. The van der Waals surface area contributed by atoms with Gasteiger partial charge in [-0.2, -0.15) is 0 Å². The Morgan fingerprint density at radius 2 is 1.92 bits per heavy atom. The summed E-state index contributed by atoms with van der Waals surface area (Å²) >= 11 is 0. The van der Waals surface area contributed by atoms with Crippen LogP contribution in [0.1, 0.15) is 24.2 Å². The fraction of sp³-hybridized carbons (Fsp3) is 0.400. The molecule has 0 unspecified atom stereocenters. The maximum atomic E-state index is 12.6. The first-order valence-corrected chi connectivity index (χ1v) is 9.17. The number of carbonyl (C=O) groups excluding carboxylic acids is 1. The molecule has 2 aromatic rings. The number of para-hydroxylation sites is 2. The Balaban J connectivity index is 1.81. The van der Waals surface area contributed by atoms with Crippen LogP contribution < -0.4 is 10.2 Å². The minimum Gasteiger partial charge on any atom is -0.378 e. The molecule has 138 valence electrons. The zero-order valence-corrected chi connectivity index (χ0v) is 15.4. The molecule has 6 nitrogen and oxygen atoms in total. The normalized spacial score (nSPS) is 14.2. The van der Waals surface area contributed by atoms with Gasteiger partial charge in [-0.25, -0.2) is 4.98 Å². The van der Waals surface area contributed by atoms with Crippen LogP contribution in [0.3, 0.4) is 0 Å². The lowest BCUT2D eigenvalue weighted by Crippen LogP contribution is -2.36. The second-order valence-electron chi connectivity index (χ2n) is 6.15. The molecular formula is C20H26N4O2. The minimum atomic E-state index is 0.0296. The van der Waals surface area contributed by atoms with E-state index in [2.05, 4.69) is 21.3 Å². The van der Waals surface area contributed by atoms with Gasteiger partial charge in [0.05, 0.1) is 24.6 Å². The van der Waals surface area contributed by atoms with E-state index in [1.807, 2.05) is 38.1 Å². The smallest absolute Gasteiger partial charge is 0.254 e. The van der Waals surface area contributed by atoms with Crippen molar-refractivity contribution in [2.45, 2.75) is 13.8 Å². The predicted molar refractivity (Wildman–Crippen MR) is 104 cm³/mol. The molecule has 0 aliphatic carbocycles. The Labute approximate surface area is 154 Å². The molecule has 0 radical (unpaired) electrons. The molecule has 26 heavy (non-hydrogen) atoms. The molecular weight excluding hydrogens is 328 g/mol. The predicted octanol–water partition coefficient (Wildman–Crippen LogP) is 3.14. The van der Waals surface area contributed by atoms with E-state index in [0.717, 1.165) is 37.7 Å². The Morgan fingerprint density at radius 1 is 1.19 bits per heavy atom. The van der Waals surface area contributed by atoms with E-state index < -0.39 is 0 Å². The Morgan fingerprint density at radius 3 is 2.65 bits per heavy atom. The molecule has 1 N–H and O–H groups in total. The summed E-state index contributed by atoms with van der Waals surface area (Å²) in [7, 11) is 0. The van der Waals surface area contributed by atoms with Gasteiger partial charge in [0.25, 0.3) is 5.91 Å². The third-order valence-corrected chi connectivity index (χ3v) is 4.58. The van der Waals surface area contributed by atoms with E-state index in [1.54, 1.807) is 17.2 Å². The summed E-state index contributed by atoms with van der Waals surface area (Å²) in [5.41, 5.74) is 2.75. The van der Waals surface area contributed by atoms with Gasteiger partial charge in [0.2, 0.25) is 0 Å². The Kier molecular flexibility index (Phi) is 6.07. The molecule has 3 rings (SSSR count). The summed E-state index contributed by atoms with van der Waals surface area (Å²) in [5.74, 6) is 0.700. The molecule has 0 atom stereocenters. The lowest BCUT2D eigenvalue weighted by molar-refractivity contribution is 0.0773. The summed E-state index contributed by atoms with van der Waals surface area (Å²) in [6.07, 6.45) is 1.68. The van der Waals surface area contributed by atoms with Crippen molar-refractivity contribution in [2.24, 2.45) is 0 Å². The molecule has 1 fully saturated rings. The summed E-state index contributed by atoms with van der Waals surface area (Å²) in [6.45, 7) is 8.57. The summed E-state index contributed by atoms with van der Waals surface area (Å²) in [5, 5.41) is 3.38. The number of amides is 1. The molecule has 1 aliphatic rings. The molecule has 0 saturated carbocycles. The number of carbonyl (C=O) groups is 1. The Bertz CT molecular complexity index is 740. The molecule has 0 bridgehead atoms. The standard InChI is InChI=1S/C20H26N4O2/c1-3-23(4-2)20(25)16-9-10-21-19(15-16)22-17-7-5-6-8-18(17)24-11-13-26-14-12-24/h5-10,15H,3-4,11-14H2,1-2H3,(H,21,22). The number of anilines is 3. The largest absolute Gasteiger partial charge is 0.378 e. The molecule has 1 aromatic carbocycles. The molecule has 1 saturated heterocycles. The van der Waals surface area contributed by atoms with Gasteiger partial charge in [0.15, 0.2) is 0 Å². The highest BCUT2D eigenvalue weighted by molar-refractivity contribution is 5.95. The van der Waals surface area contributed by atoms with Crippen LogP contribution >= 0.6 is 0 Å². The van der Waals surface area contributed by atoms with Crippen molar-refractivity contribution in [1.82, 2.24) is 9.88 Å². The van der Waals surface area contributed by atoms with Gasteiger partial charge in [-0.15, -0.1) is 0 Å². The first kappa shape index (κ1) is 18.2. The fourth-order valence-corrected chi connectivity index (χ4v) is 3.12. The number of hydrogen-bond donors (Lipinski definition) is 1. The van der Waals surface area contributed by atoms with E-state index in [-0.39, 0.29) is 5.91 Å². The van der Waals surface area contributed by atoms with Crippen molar-refractivity contribution >= 4 is 23.1 Å². The highest BCUT2D eigenvalue weighted by atomic mass is 16.5. The number of hydrogen-bond acceptors (Lipinski definition) is 5. The third-order valence-electron chi connectivity index (χ3n) is 4.58. The maximum Gasteiger partial charge on any atom is 0.254 e. The lowest BCUT2D eigenvalue weighted by Gasteiger charge is -2.30. The van der Waals surface area contributed by atoms with E-state index in [0.29, 0.717) is 24.5 Å². The van der Waals surface area contributed by atoms with Crippen molar-refractivity contribution in [2.75, 3.05) is 49.6 Å². The molecule has 2 heterocycles. The SMILES string of the molecule is CCN(CC)C(=O)c1ccnc(Nc2ccccc2N2CCOCC2)c1. The van der Waals surface area contributed by atoms with Crippen LogP contribution in [0.4, 0.5) is 17.2 Å². The fourth-order valence-electron chi connectivity index (χ4n) is 3.12. The highest BCUT2D eigenvalue weighted by Gasteiger charge is 2.16. The molecule has 1 amide bonds. The molecule has 1 aromatic heterocycles. The summed E-state index contributed by atoms with van der Waals surface area (Å²) in [4.78, 5) is 21.1. The minimum absolute atomic E-state index is 0.0296. The van der Waals surface area contributed by atoms with Crippen LogP contribution in [0.2, 0.25) is 0 Å². The number of ether oxygens (including phenoxy) is 1. The van der Waals surface area contributed by atoms with Crippen LogP contribution in [0.5, 0.6) is 0 Å². The zero-order valence-electron chi connectivity index (χ0n) is 15.4. The van der Waals surface area contributed by atoms with Crippen molar-refractivity contribution in [3.63, 3.8) is 0 Å². The first-order valence-electron chi connectivity index (χ1n) is 9.17. The Hall–Kier alpha value is -2.60. The van der Waals surface area contributed by atoms with Gasteiger partial charge < -0.3 is 19.9 Å². The van der Waals surface area contributed by atoms with Crippen LogP contribution in [0.25, 0.3) is 0 Å². The first-order chi connectivity index (χ1) is 12.7. The third kappa shape index (κ3) is 4.14. The number of benzene rings is 1. The molecule has 1 aliphatic heterocycles. The average molecular weight is 354 g/mol. The van der Waals surface area contributed by atoms with Gasteiger partial charge in [-0.1, -0.05) is 12.1 Å². The topological polar surface area (TPSA) is 57.7 Å². The van der Waals surface area contributed by atoms with Crippen LogP contribution in [0, 0.1) is 0 Å². The molecule has 0 spiro atoms. The van der Waals surface area contributed by atoms with E-state index in [9.17, 15) is 4.79 Å². The summed E-state index contributed by atoms with van der Waals surface area (Å²) < 4.78 is 5.45. The lowest BCUT2D eigenvalue weighted by atomic mass is 10.2. The van der Waals surface area contributed by atoms with Gasteiger partial charge in [-0.05, 0) is 38.1 Å². The van der Waals surface area contributed by atoms with Gasteiger partial charge in [0.1, 0.15) is 5.82 Å². The number of aromatic nitrogens is 1. The zero-order chi connectivity index (χ0) is 18.4.